The topological polar surface area (TPSA) is 71.5 Å². The van der Waals surface area contributed by atoms with Crippen molar-refractivity contribution in [1.82, 2.24) is 24.9 Å². The van der Waals surface area contributed by atoms with E-state index in [1.807, 2.05) is 0 Å². The van der Waals surface area contributed by atoms with Crippen LogP contribution in [0.15, 0.2) is 4.99 Å². The summed E-state index contributed by atoms with van der Waals surface area (Å²) in [6.07, 6.45) is 12.5. The van der Waals surface area contributed by atoms with Gasteiger partial charge < -0.3 is 19.6 Å². The average Bonchev–Trinajstić information content (AvgIpc) is 3.14. The van der Waals surface area contributed by atoms with Crippen LogP contribution in [0.25, 0.3) is 0 Å². The number of amides is 3. The van der Waals surface area contributed by atoms with Gasteiger partial charge in [0, 0.05) is 39.8 Å². The van der Waals surface area contributed by atoms with Gasteiger partial charge in [-0.2, -0.15) is 0 Å². The standard InChI is InChI=1S/C23H42N6O2/c1-4-5-6-7-8-9-10-11-12-13-14-29-19-20(27(3)23(31)25-21(19)30)24-22(29)28-17-15-26(2)16-18-28/h19-20H,4-18H2,1-3H3,(H,25,30,31). The van der Waals surface area contributed by atoms with E-state index in [-0.39, 0.29) is 11.9 Å². The first-order valence-corrected chi connectivity index (χ1v) is 12.4. The fraction of sp³-hybridized carbons (Fsp3) is 0.870. The second-order valence-electron chi connectivity index (χ2n) is 9.36. The molecule has 0 saturated carbocycles. The highest BCUT2D eigenvalue weighted by atomic mass is 16.2. The normalized spacial score (nSPS) is 24.5. The Morgan fingerprint density at radius 2 is 1.45 bits per heavy atom. The third kappa shape index (κ3) is 6.11. The van der Waals surface area contributed by atoms with Gasteiger partial charge >= 0.3 is 6.03 Å². The van der Waals surface area contributed by atoms with Crippen molar-refractivity contribution in [1.29, 1.82) is 0 Å². The molecule has 8 nitrogen and oxygen atoms in total. The summed E-state index contributed by atoms with van der Waals surface area (Å²) in [5.41, 5.74) is 0. The quantitative estimate of drug-likeness (QED) is 0.506. The summed E-state index contributed by atoms with van der Waals surface area (Å²) in [5, 5.41) is 2.51. The summed E-state index contributed by atoms with van der Waals surface area (Å²) in [6.45, 7) is 6.86. The molecular weight excluding hydrogens is 392 g/mol. The van der Waals surface area contributed by atoms with Gasteiger partial charge in [-0.1, -0.05) is 64.7 Å². The number of carbonyl (C=O) groups is 2. The molecule has 2 atom stereocenters. The molecule has 0 aliphatic carbocycles. The van der Waals surface area contributed by atoms with E-state index in [0.29, 0.717) is 0 Å². The van der Waals surface area contributed by atoms with Crippen molar-refractivity contribution in [3.8, 4) is 0 Å². The summed E-state index contributed by atoms with van der Waals surface area (Å²) in [6, 6.07) is -0.760. The SMILES string of the molecule is CCCCCCCCCCCCN1C(N2CCN(C)CC2)=NC2C1C(=O)NC(=O)N2C. The van der Waals surface area contributed by atoms with Crippen LogP contribution < -0.4 is 5.32 Å². The molecule has 2 fully saturated rings. The zero-order chi connectivity index (χ0) is 22.2. The molecule has 176 valence electrons. The Morgan fingerprint density at radius 1 is 0.871 bits per heavy atom. The van der Waals surface area contributed by atoms with E-state index in [1.165, 1.54) is 57.8 Å². The minimum Gasteiger partial charge on any atom is -0.340 e. The van der Waals surface area contributed by atoms with Crippen LogP contribution >= 0.6 is 0 Å². The predicted molar refractivity (Wildman–Crippen MR) is 124 cm³/mol. The van der Waals surface area contributed by atoms with Crippen LogP contribution in [0.4, 0.5) is 4.79 Å². The van der Waals surface area contributed by atoms with E-state index in [0.717, 1.165) is 45.1 Å². The van der Waals surface area contributed by atoms with Crippen molar-refractivity contribution in [2.24, 2.45) is 4.99 Å². The van der Waals surface area contributed by atoms with E-state index in [1.54, 1.807) is 11.9 Å². The molecule has 1 N–H and O–H groups in total. The Balaban J connectivity index is 1.51. The molecule has 8 heteroatoms. The van der Waals surface area contributed by atoms with Crippen molar-refractivity contribution < 1.29 is 9.59 Å². The number of carbonyl (C=O) groups excluding carboxylic acids is 2. The van der Waals surface area contributed by atoms with Crippen LogP contribution in [0.1, 0.15) is 71.1 Å². The lowest BCUT2D eigenvalue weighted by Gasteiger charge is -2.39. The Morgan fingerprint density at radius 3 is 2.06 bits per heavy atom. The number of aliphatic imine (C=N–C) groups is 1. The van der Waals surface area contributed by atoms with Gasteiger partial charge in [0.15, 0.2) is 18.2 Å². The first-order chi connectivity index (χ1) is 15.0. The molecule has 0 aromatic rings. The number of hydrogen-bond acceptors (Lipinski definition) is 6. The molecule has 0 radical (unpaired) electrons. The highest BCUT2D eigenvalue weighted by Gasteiger charge is 2.49. The second kappa shape index (κ2) is 11.7. The monoisotopic (exact) mass is 434 g/mol. The lowest BCUT2D eigenvalue weighted by Crippen LogP contribution is -2.64. The molecular formula is C23H42N6O2. The van der Waals surface area contributed by atoms with E-state index in [2.05, 4.69) is 34.0 Å². The Bertz CT molecular complexity index is 632. The number of guanidine groups is 1. The third-order valence-corrected chi connectivity index (χ3v) is 6.88. The number of hydrogen-bond donors (Lipinski definition) is 1. The highest BCUT2D eigenvalue weighted by Crippen LogP contribution is 2.26. The largest absolute Gasteiger partial charge is 0.340 e. The fourth-order valence-corrected chi connectivity index (χ4v) is 4.79. The average molecular weight is 435 g/mol. The van der Waals surface area contributed by atoms with Crippen molar-refractivity contribution >= 4 is 17.9 Å². The van der Waals surface area contributed by atoms with Crippen molar-refractivity contribution in [2.45, 2.75) is 83.3 Å². The van der Waals surface area contributed by atoms with Gasteiger partial charge in [-0.05, 0) is 13.5 Å². The van der Waals surface area contributed by atoms with E-state index in [4.69, 9.17) is 4.99 Å². The maximum absolute atomic E-state index is 12.7. The van der Waals surface area contributed by atoms with E-state index < -0.39 is 12.2 Å². The van der Waals surface area contributed by atoms with Crippen LogP contribution in [0.2, 0.25) is 0 Å². The highest BCUT2D eigenvalue weighted by molar-refractivity contribution is 6.03. The summed E-state index contributed by atoms with van der Waals surface area (Å²) < 4.78 is 0. The van der Waals surface area contributed by atoms with Gasteiger partial charge in [0.1, 0.15) is 0 Å². The summed E-state index contributed by atoms with van der Waals surface area (Å²) in [5.74, 6) is 0.684. The van der Waals surface area contributed by atoms with Crippen molar-refractivity contribution in [3.05, 3.63) is 0 Å². The third-order valence-electron chi connectivity index (χ3n) is 6.88. The smallest absolute Gasteiger partial charge is 0.325 e. The molecule has 3 rings (SSSR count). The number of nitrogens with one attached hydrogen (secondary N) is 1. The van der Waals surface area contributed by atoms with Crippen LogP contribution in [-0.4, -0.2) is 96.5 Å². The Hall–Kier alpha value is -1.83. The van der Waals surface area contributed by atoms with Crippen LogP contribution in [0.3, 0.4) is 0 Å². The maximum Gasteiger partial charge on any atom is 0.325 e. The van der Waals surface area contributed by atoms with Gasteiger partial charge in [0.2, 0.25) is 0 Å². The van der Waals surface area contributed by atoms with Crippen LogP contribution in [-0.2, 0) is 4.79 Å². The molecule has 2 unspecified atom stereocenters. The molecule has 0 bridgehead atoms. The summed E-state index contributed by atoms with van der Waals surface area (Å²) in [7, 11) is 3.86. The first-order valence-electron chi connectivity index (χ1n) is 12.4. The zero-order valence-corrected chi connectivity index (χ0v) is 19.8. The first kappa shape index (κ1) is 23.8. The maximum atomic E-state index is 12.7. The van der Waals surface area contributed by atoms with Crippen molar-refractivity contribution in [3.63, 3.8) is 0 Å². The predicted octanol–water partition coefficient (Wildman–Crippen LogP) is 2.70. The minimum absolute atomic E-state index is 0.215. The molecule has 3 aliphatic heterocycles. The van der Waals surface area contributed by atoms with Crippen LogP contribution in [0.5, 0.6) is 0 Å². The molecule has 0 aromatic carbocycles. The van der Waals surface area contributed by atoms with Gasteiger partial charge in [-0.25, -0.2) is 9.79 Å². The summed E-state index contributed by atoms with van der Waals surface area (Å²) in [4.78, 5) is 38.0. The number of likely N-dealkylation sites (N-methyl/N-ethyl adjacent to an activating group) is 2. The number of nitrogens with zero attached hydrogens (tertiary/aromatic N) is 5. The summed E-state index contributed by atoms with van der Waals surface area (Å²) >= 11 is 0. The van der Waals surface area contributed by atoms with Gasteiger partial charge in [0.05, 0.1) is 0 Å². The van der Waals surface area contributed by atoms with Gasteiger partial charge in [-0.3, -0.25) is 10.1 Å². The second-order valence-corrected chi connectivity index (χ2v) is 9.36. The van der Waals surface area contributed by atoms with Gasteiger partial charge in [0.25, 0.3) is 5.91 Å². The molecule has 3 aliphatic rings. The number of rotatable bonds is 11. The number of unbranched alkanes of at least 4 members (excludes halogenated alkanes) is 9. The Kier molecular flexibility index (Phi) is 8.99. The van der Waals surface area contributed by atoms with Gasteiger partial charge in [-0.15, -0.1) is 0 Å². The molecule has 0 spiro atoms. The molecule has 31 heavy (non-hydrogen) atoms. The fourth-order valence-electron chi connectivity index (χ4n) is 4.79. The Labute approximate surface area is 188 Å². The number of imide groups is 1. The van der Waals surface area contributed by atoms with Crippen LogP contribution in [0, 0.1) is 0 Å². The molecule has 3 amide bonds. The van der Waals surface area contributed by atoms with Crippen molar-refractivity contribution in [2.75, 3.05) is 46.8 Å². The minimum atomic E-state index is -0.418. The molecule has 2 saturated heterocycles. The number of piperazine rings is 1. The number of urea groups is 1. The zero-order valence-electron chi connectivity index (χ0n) is 19.8. The van der Waals surface area contributed by atoms with E-state index in [9.17, 15) is 9.59 Å². The lowest BCUT2D eigenvalue weighted by molar-refractivity contribution is -0.127. The van der Waals surface area contributed by atoms with E-state index >= 15 is 0 Å². The molecule has 0 aromatic heterocycles. The number of fused-ring (bicyclic) bond motifs is 1. The lowest BCUT2D eigenvalue weighted by atomic mass is 10.1. The molecule has 3 heterocycles.